The number of aromatic nitrogens is 2. The largest absolute Gasteiger partial charge is 0.493 e. The molecule has 2 aromatic heterocycles. The quantitative estimate of drug-likeness (QED) is 0.128. The molecule has 8 rings (SSSR count). The monoisotopic (exact) mass is 727 g/mol. The lowest BCUT2D eigenvalue weighted by Gasteiger charge is -2.58. The summed E-state index contributed by atoms with van der Waals surface area (Å²) in [6.07, 6.45) is 9.29. The number of nitrogens with zero attached hydrogens (tertiary/aromatic N) is 4. The maximum atomic E-state index is 12.0. The molecule has 5 aromatic rings. The predicted octanol–water partition coefficient (Wildman–Crippen LogP) is 9.01. The van der Waals surface area contributed by atoms with Gasteiger partial charge in [-0.3, -0.25) is 14.6 Å². The van der Waals surface area contributed by atoms with Gasteiger partial charge in [-0.05, 0) is 97.0 Å². The SMILES string of the molecule is CCOc1cc(CN2CCN(C3CC4(CCN(c5ccc(C=O)c(Oc6cnc7[nH]ccc7c6)c5)CC4)C3)C(c3ccccc3C(C)C)C2)ccc1OC. The van der Waals surface area contributed by atoms with E-state index in [1.54, 1.807) is 13.3 Å². The molecule has 3 aliphatic rings. The van der Waals surface area contributed by atoms with Crippen molar-refractivity contribution < 1.29 is 19.0 Å². The van der Waals surface area contributed by atoms with Gasteiger partial charge >= 0.3 is 0 Å². The number of hydrogen-bond donors (Lipinski definition) is 1. The van der Waals surface area contributed by atoms with Gasteiger partial charge in [0.2, 0.25) is 0 Å². The number of anilines is 1. The Hall–Kier alpha value is -4.86. The summed E-state index contributed by atoms with van der Waals surface area (Å²) in [5.74, 6) is 3.26. The molecule has 1 saturated carbocycles. The number of methoxy groups -OCH3 is 1. The van der Waals surface area contributed by atoms with E-state index in [0.29, 0.717) is 47.1 Å². The minimum atomic E-state index is 0.354. The first-order valence-corrected chi connectivity index (χ1v) is 19.7. The molecular weight excluding hydrogens is 675 g/mol. The molecule has 3 fully saturated rings. The number of rotatable bonds is 12. The number of aldehydes is 1. The summed E-state index contributed by atoms with van der Waals surface area (Å²) in [4.78, 5) is 27.5. The minimum absolute atomic E-state index is 0.354. The van der Waals surface area contributed by atoms with Crippen LogP contribution in [0.15, 0.2) is 85.2 Å². The average Bonchev–Trinajstić information content (AvgIpc) is 3.65. The number of aromatic amines is 1. The molecule has 1 atom stereocenters. The van der Waals surface area contributed by atoms with Crippen LogP contribution in [0.1, 0.15) is 85.5 Å². The zero-order valence-corrected chi connectivity index (χ0v) is 32.1. The Kier molecular flexibility index (Phi) is 10.4. The number of carbonyl (C=O) groups is 1. The van der Waals surface area contributed by atoms with Crippen LogP contribution < -0.4 is 19.1 Å². The van der Waals surface area contributed by atoms with Crippen molar-refractivity contribution in [2.24, 2.45) is 5.41 Å². The van der Waals surface area contributed by atoms with Gasteiger partial charge in [-0.15, -0.1) is 0 Å². The molecule has 0 bridgehead atoms. The van der Waals surface area contributed by atoms with Crippen molar-refractivity contribution in [3.8, 4) is 23.0 Å². The van der Waals surface area contributed by atoms with Crippen LogP contribution in [-0.2, 0) is 6.54 Å². The third kappa shape index (κ3) is 7.31. The van der Waals surface area contributed by atoms with Gasteiger partial charge in [0.15, 0.2) is 17.8 Å². The van der Waals surface area contributed by atoms with Gasteiger partial charge in [0.25, 0.3) is 0 Å². The van der Waals surface area contributed by atoms with Crippen LogP contribution in [0.4, 0.5) is 5.69 Å². The van der Waals surface area contributed by atoms with Gasteiger partial charge in [-0.25, -0.2) is 4.98 Å². The summed E-state index contributed by atoms with van der Waals surface area (Å²) in [5, 5.41) is 0.971. The summed E-state index contributed by atoms with van der Waals surface area (Å²) in [5.41, 5.74) is 7.04. The smallest absolute Gasteiger partial charge is 0.161 e. The van der Waals surface area contributed by atoms with Crippen molar-refractivity contribution in [2.75, 3.05) is 51.3 Å². The first-order valence-electron chi connectivity index (χ1n) is 19.7. The molecule has 0 radical (unpaired) electrons. The van der Waals surface area contributed by atoms with E-state index in [1.165, 1.54) is 42.4 Å². The highest BCUT2D eigenvalue weighted by Crippen LogP contribution is 2.53. The van der Waals surface area contributed by atoms with E-state index in [-0.39, 0.29) is 0 Å². The lowest BCUT2D eigenvalue weighted by molar-refractivity contribution is -0.0628. The number of hydrogen-bond acceptors (Lipinski definition) is 8. The third-order valence-corrected chi connectivity index (χ3v) is 12.1. The zero-order chi connectivity index (χ0) is 37.2. The fourth-order valence-corrected chi connectivity index (χ4v) is 9.23. The van der Waals surface area contributed by atoms with Crippen LogP contribution in [0.25, 0.3) is 11.0 Å². The zero-order valence-electron chi connectivity index (χ0n) is 32.1. The van der Waals surface area contributed by atoms with Crippen molar-refractivity contribution in [3.05, 3.63) is 107 Å². The van der Waals surface area contributed by atoms with E-state index in [4.69, 9.17) is 14.2 Å². The molecule has 4 heterocycles. The second-order valence-electron chi connectivity index (χ2n) is 15.8. The fraction of sp³-hybridized carbons (Fsp3) is 0.422. The summed E-state index contributed by atoms with van der Waals surface area (Å²) in [6, 6.07) is 26.3. The highest BCUT2D eigenvalue weighted by Gasteiger charge is 2.50. The van der Waals surface area contributed by atoms with Gasteiger partial charge < -0.3 is 24.1 Å². The molecule has 0 amide bonds. The van der Waals surface area contributed by atoms with Crippen LogP contribution in [0.2, 0.25) is 0 Å². The number of benzene rings is 3. The Morgan fingerprint density at radius 3 is 2.56 bits per heavy atom. The normalized spacial score (nSPS) is 19.3. The van der Waals surface area contributed by atoms with E-state index in [0.717, 1.165) is 73.8 Å². The van der Waals surface area contributed by atoms with Crippen LogP contribution in [0.3, 0.4) is 0 Å². The fourth-order valence-electron chi connectivity index (χ4n) is 9.23. The maximum absolute atomic E-state index is 12.0. The lowest BCUT2D eigenvalue weighted by Crippen LogP contribution is -2.60. The van der Waals surface area contributed by atoms with Gasteiger partial charge in [0.1, 0.15) is 17.1 Å². The van der Waals surface area contributed by atoms with Crippen molar-refractivity contribution in [3.63, 3.8) is 0 Å². The molecule has 54 heavy (non-hydrogen) atoms. The average molecular weight is 728 g/mol. The molecule has 282 valence electrons. The number of nitrogens with one attached hydrogen (secondary N) is 1. The minimum Gasteiger partial charge on any atom is -0.493 e. The molecule has 9 heteroatoms. The van der Waals surface area contributed by atoms with Gasteiger partial charge in [-0.2, -0.15) is 0 Å². The molecule has 1 aliphatic carbocycles. The highest BCUT2D eigenvalue weighted by molar-refractivity contribution is 5.81. The Morgan fingerprint density at radius 2 is 1.78 bits per heavy atom. The van der Waals surface area contributed by atoms with Crippen molar-refractivity contribution in [1.82, 2.24) is 19.8 Å². The Bertz CT molecular complexity index is 2080. The van der Waals surface area contributed by atoms with E-state index in [2.05, 4.69) is 81.0 Å². The van der Waals surface area contributed by atoms with Crippen molar-refractivity contribution in [1.29, 1.82) is 0 Å². The summed E-state index contributed by atoms with van der Waals surface area (Å²) >= 11 is 0. The standard InChI is InChI=1S/C45H53N5O4/c1-5-53-43-22-32(10-13-41(43)52-4)28-48-20-21-50(40(29-48)39-9-7-6-8-38(39)31(2)3)36-25-45(26-36)15-18-49(19-16-45)35-12-11-34(30-51)42(24-35)54-37-23-33-14-17-46-44(33)47-27-37/h6-14,17,22-24,27,30-31,36,40H,5,15-16,18-21,25-26,28-29H2,1-4H3,(H,46,47). The van der Waals surface area contributed by atoms with E-state index in [9.17, 15) is 4.79 Å². The number of carbonyl (C=O) groups excluding carboxylic acids is 1. The summed E-state index contributed by atoms with van der Waals surface area (Å²) in [7, 11) is 1.70. The number of fused-ring (bicyclic) bond motifs is 1. The number of piperidine rings is 1. The molecule has 9 nitrogen and oxygen atoms in total. The Balaban J connectivity index is 0.942. The van der Waals surface area contributed by atoms with E-state index in [1.807, 2.05) is 43.5 Å². The van der Waals surface area contributed by atoms with Crippen LogP contribution in [-0.4, -0.2) is 78.5 Å². The van der Waals surface area contributed by atoms with Crippen molar-refractivity contribution in [2.45, 2.75) is 71.0 Å². The number of ether oxygens (including phenoxy) is 3. The summed E-state index contributed by atoms with van der Waals surface area (Å²) in [6.45, 7) is 13.3. The molecule has 1 N–H and O–H groups in total. The second kappa shape index (κ2) is 15.5. The summed E-state index contributed by atoms with van der Waals surface area (Å²) < 4.78 is 17.7. The van der Waals surface area contributed by atoms with Gasteiger partial charge in [0.05, 0.1) is 25.5 Å². The topological polar surface area (TPSA) is 83.2 Å². The number of pyridine rings is 1. The number of H-pyrrole nitrogens is 1. The third-order valence-electron chi connectivity index (χ3n) is 12.1. The second-order valence-corrected chi connectivity index (χ2v) is 15.8. The number of piperazine rings is 1. The van der Waals surface area contributed by atoms with Gasteiger partial charge in [-0.1, -0.05) is 44.2 Å². The van der Waals surface area contributed by atoms with E-state index >= 15 is 0 Å². The molecular formula is C45H53N5O4. The Labute approximate surface area is 319 Å². The Morgan fingerprint density at radius 1 is 0.944 bits per heavy atom. The van der Waals surface area contributed by atoms with Crippen LogP contribution in [0.5, 0.6) is 23.0 Å². The molecule has 2 aliphatic heterocycles. The lowest BCUT2D eigenvalue weighted by atomic mass is 9.59. The molecule has 1 spiro atoms. The predicted molar refractivity (Wildman–Crippen MR) is 214 cm³/mol. The van der Waals surface area contributed by atoms with Crippen LogP contribution >= 0.6 is 0 Å². The maximum Gasteiger partial charge on any atom is 0.161 e. The molecule has 3 aromatic carbocycles. The molecule has 1 unspecified atom stereocenters. The van der Waals surface area contributed by atoms with Gasteiger partial charge in [0, 0.05) is 74.7 Å². The highest BCUT2D eigenvalue weighted by atomic mass is 16.5. The molecule has 2 saturated heterocycles. The van der Waals surface area contributed by atoms with E-state index < -0.39 is 0 Å². The van der Waals surface area contributed by atoms with Crippen molar-refractivity contribution >= 4 is 23.0 Å². The first kappa shape index (κ1) is 36.1. The first-order chi connectivity index (χ1) is 26.3. The van der Waals surface area contributed by atoms with Crippen LogP contribution in [0, 0.1) is 5.41 Å².